The average Bonchev–Trinajstić information content (AvgIpc) is 2.07. The van der Waals surface area contributed by atoms with Gasteiger partial charge in [0, 0.05) is 0 Å². The van der Waals surface area contributed by atoms with E-state index in [-0.39, 0.29) is 6.10 Å². The van der Waals surface area contributed by atoms with Gasteiger partial charge in [-0.3, -0.25) is 0 Å². The lowest BCUT2D eigenvalue weighted by molar-refractivity contribution is -0.00783. The van der Waals surface area contributed by atoms with Crippen molar-refractivity contribution in [2.45, 2.75) is 46.1 Å². The highest BCUT2D eigenvalue weighted by Gasteiger charge is 2.31. The summed E-state index contributed by atoms with van der Waals surface area (Å²) >= 11 is 0. The summed E-state index contributed by atoms with van der Waals surface area (Å²) in [6.07, 6.45) is 1.96. The molecule has 0 saturated heterocycles. The molecule has 14 heavy (non-hydrogen) atoms. The lowest BCUT2D eigenvalue weighted by Gasteiger charge is -2.34. The summed E-state index contributed by atoms with van der Waals surface area (Å²) in [5.41, 5.74) is 0. The van der Waals surface area contributed by atoms with Crippen LogP contribution in [0.4, 0.5) is 4.79 Å². The van der Waals surface area contributed by atoms with Crippen LogP contribution in [-0.2, 0) is 4.74 Å². The molecule has 0 radical (unpaired) electrons. The first-order valence-corrected chi connectivity index (χ1v) is 5.40. The van der Waals surface area contributed by atoms with Gasteiger partial charge in [-0.1, -0.05) is 20.8 Å². The maximum Gasteiger partial charge on any atom is 0.506 e. The molecule has 3 heteroatoms. The quantitative estimate of drug-likeness (QED) is 0.696. The first kappa shape index (κ1) is 11.3. The molecule has 82 valence electrons. The Bertz CT molecular complexity index is 201. The highest BCUT2D eigenvalue weighted by molar-refractivity contribution is 5.57. The topological polar surface area (TPSA) is 46.5 Å². The van der Waals surface area contributed by atoms with Gasteiger partial charge in [0.05, 0.1) is 0 Å². The molecule has 0 amide bonds. The highest BCUT2D eigenvalue weighted by atomic mass is 16.7. The van der Waals surface area contributed by atoms with Crippen molar-refractivity contribution in [3.8, 4) is 0 Å². The fourth-order valence-corrected chi connectivity index (χ4v) is 2.21. The third kappa shape index (κ3) is 2.89. The summed E-state index contributed by atoms with van der Waals surface area (Å²) in [6.45, 7) is 6.46. The van der Waals surface area contributed by atoms with E-state index in [4.69, 9.17) is 9.84 Å². The third-order valence-corrected chi connectivity index (χ3v) is 3.36. The van der Waals surface area contributed by atoms with Gasteiger partial charge in [-0.15, -0.1) is 0 Å². The summed E-state index contributed by atoms with van der Waals surface area (Å²) in [4.78, 5) is 10.5. The fourth-order valence-electron chi connectivity index (χ4n) is 2.21. The largest absolute Gasteiger partial charge is 0.506 e. The molecule has 0 aromatic rings. The van der Waals surface area contributed by atoms with Crippen molar-refractivity contribution in [2.24, 2.45) is 17.8 Å². The minimum Gasteiger partial charge on any atom is -0.450 e. The van der Waals surface area contributed by atoms with E-state index in [1.807, 2.05) is 0 Å². The Morgan fingerprint density at radius 2 is 2.07 bits per heavy atom. The molecule has 1 aliphatic rings. The van der Waals surface area contributed by atoms with Crippen molar-refractivity contribution in [3.05, 3.63) is 0 Å². The second-order valence-corrected chi connectivity index (χ2v) is 4.72. The van der Waals surface area contributed by atoms with Crippen molar-refractivity contribution in [3.63, 3.8) is 0 Å². The van der Waals surface area contributed by atoms with E-state index in [0.29, 0.717) is 17.8 Å². The molecule has 0 aromatic carbocycles. The Morgan fingerprint density at radius 1 is 1.43 bits per heavy atom. The second kappa shape index (κ2) is 4.67. The molecule has 0 spiro atoms. The van der Waals surface area contributed by atoms with E-state index < -0.39 is 6.16 Å². The van der Waals surface area contributed by atoms with Gasteiger partial charge in [0.1, 0.15) is 6.10 Å². The molecular formula is C11H20O3. The zero-order valence-corrected chi connectivity index (χ0v) is 9.19. The average molecular weight is 200 g/mol. The number of ether oxygens (including phenoxy) is 1. The molecule has 1 rings (SSSR count). The van der Waals surface area contributed by atoms with E-state index in [9.17, 15) is 4.79 Å². The maximum absolute atomic E-state index is 10.5. The van der Waals surface area contributed by atoms with Crippen LogP contribution in [0.25, 0.3) is 0 Å². The van der Waals surface area contributed by atoms with Crippen molar-refractivity contribution in [1.29, 1.82) is 0 Å². The molecule has 0 aliphatic heterocycles. The molecular weight excluding hydrogens is 180 g/mol. The number of carbonyl (C=O) groups is 1. The third-order valence-electron chi connectivity index (χ3n) is 3.36. The van der Waals surface area contributed by atoms with E-state index in [1.54, 1.807) is 0 Å². The minimum atomic E-state index is -1.13. The van der Waals surface area contributed by atoms with Crippen molar-refractivity contribution < 1.29 is 14.6 Å². The first-order chi connectivity index (χ1) is 6.50. The van der Waals surface area contributed by atoms with Gasteiger partial charge >= 0.3 is 6.16 Å². The van der Waals surface area contributed by atoms with Gasteiger partial charge in [-0.05, 0) is 37.0 Å². The lowest BCUT2D eigenvalue weighted by atomic mass is 9.76. The van der Waals surface area contributed by atoms with Crippen LogP contribution >= 0.6 is 0 Å². The molecule has 1 fully saturated rings. The summed E-state index contributed by atoms with van der Waals surface area (Å²) in [5.74, 6) is 1.62. The SMILES string of the molecule is CC(C)C1CC[C@H](C)[C@H](OC(=O)O)C1. The van der Waals surface area contributed by atoms with Crippen molar-refractivity contribution in [2.75, 3.05) is 0 Å². The molecule has 1 aliphatic carbocycles. The molecule has 0 aromatic heterocycles. The standard InChI is InChI=1S/C11H20O3/c1-7(2)9-5-4-8(3)10(6-9)14-11(12)13/h7-10H,4-6H2,1-3H3,(H,12,13)/t8-,9?,10+/m0/s1. The molecule has 3 atom stereocenters. The van der Waals surface area contributed by atoms with Crippen LogP contribution in [0.5, 0.6) is 0 Å². The van der Waals surface area contributed by atoms with E-state index >= 15 is 0 Å². The van der Waals surface area contributed by atoms with Crippen LogP contribution in [0, 0.1) is 17.8 Å². The molecule has 1 unspecified atom stereocenters. The Kier molecular flexibility index (Phi) is 3.78. The normalized spacial score (nSPS) is 33.0. The Labute approximate surface area is 85.5 Å². The predicted molar refractivity (Wildman–Crippen MR) is 54.2 cm³/mol. The summed E-state index contributed by atoms with van der Waals surface area (Å²) in [5, 5.41) is 8.59. The minimum absolute atomic E-state index is 0.0892. The van der Waals surface area contributed by atoms with Crippen LogP contribution in [-0.4, -0.2) is 17.4 Å². The highest BCUT2D eigenvalue weighted by Crippen LogP contribution is 2.34. The number of hydrogen-bond acceptors (Lipinski definition) is 2. The summed E-state index contributed by atoms with van der Waals surface area (Å²) in [7, 11) is 0. The molecule has 1 saturated carbocycles. The van der Waals surface area contributed by atoms with Crippen molar-refractivity contribution in [1.82, 2.24) is 0 Å². The fraction of sp³-hybridized carbons (Fsp3) is 0.909. The van der Waals surface area contributed by atoms with E-state index in [2.05, 4.69) is 20.8 Å². The Morgan fingerprint density at radius 3 is 2.57 bits per heavy atom. The van der Waals surface area contributed by atoms with Crippen molar-refractivity contribution >= 4 is 6.16 Å². The van der Waals surface area contributed by atoms with Gasteiger partial charge in [0.15, 0.2) is 0 Å². The zero-order chi connectivity index (χ0) is 10.7. The number of carboxylic acid groups (broad SMARTS) is 1. The predicted octanol–water partition coefficient (Wildman–Crippen LogP) is 3.14. The Balaban J connectivity index is 2.50. The van der Waals surface area contributed by atoms with Gasteiger partial charge in [-0.25, -0.2) is 4.79 Å². The van der Waals surface area contributed by atoms with Crippen LogP contribution < -0.4 is 0 Å². The number of rotatable bonds is 2. The van der Waals surface area contributed by atoms with Gasteiger partial charge < -0.3 is 9.84 Å². The molecule has 3 nitrogen and oxygen atoms in total. The second-order valence-electron chi connectivity index (χ2n) is 4.72. The van der Waals surface area contributed by atoms with Crippen LogP contribution in [0.15, 0.2) is 0 Å². The summed E-state index contributed by atoms with van der Waals surface area (Å²) in [6, 6.07) is 0. The molecule has 0 bridgehead atoms. The zero-order valence-electron chi connectivity index (χ0n) is 9.19. The van der Waals surface area contributed by atoms with Crippen LogP contribution in [0.3, 0.4) is 0 Å². The van der Waals surface area contributed by atoms with E-state index in [1.165, 1.54) is 6.42 Å². The smallest absolute Gasteiger partial charge is 0.450 e. The maximum atomic E-state index is 10.5. The molecule has 0 heterocycles. The van der Waals surface area contributed by atoms with Gasteiger partial charge in [0.25, 0.3) is 0 Å². The monoisotopic (exact) mass is 200 g/mol. The van der Waals surface area contributed by atoms with Crippen LogP contribution in [0.2, 0.25) is 0 Å². The lowest BCUT2D eigenvalue weighted by Crippen LogP contribution is -2.33. The Hall–Kier alpha value is -0.730. The summed E-state index contributed by atoms with van der Waals surface area (Å²) < 4.78 is 4.90. The molecule has 1 N–H and O–H groups in total. The number of hydrogen-bond donors (Lipinski definition) is 1. The van der Waals surface area contributed by atoms with Gasteiger partial charge in [0.2, 0.25) is 0 Å². The first-order valence-electron chi connectivity index (χ1n) is 5.40. The van der Waals surface area contributed by atoms with Crippen LogP contribution in [0.1, 0.15) is 40.0 Å². The van der Waals surface area contributed by atoms with E-state index in [0.717, 1.165) is 12.8 Å². The van der Waals surface area contributed by atoms with Gasteiger partial charge in [-0.2, -0.15) is 0 Å².